The van der Waals surface area contributed by atoms with Crippen LogP contribution in [-0.2, 0) is 0 Å². The van der Waals surface area contributed by atoms with Crippen molar-refractivity contribution >= 4 is 93.1 Å². The Morgan fingerprint density at radius 2 is 0.937 bits per heavy atom. The lowest BCUT2D eigenvalue weighted by atomic mass is 9.96. The molecule has 0 radical (unpaired) electrons. The number of nitrogens with zero attached hydrogens (tertiary/aromatic N) is 2. The number of hydrogen-bond acceptors (Lipinski definition) is 2. The molecular weight excluding hydrogens is 765 g/mol. The second kappa shape index (κ2) is 14.1. The van der Waals surface area contributed by atoms with E-state index >= 15 is 0 Å². The fourth-order valence-electron chi connectivity index (χ4n) is 10.1. The molecule has 0 bridgehead atoms. The van der Waals surface area contributed by atoms with Crippen molar-refractivity contribution in [2.24, 2.45) is 0 Å². The minimum absolute atomic E-state index is 0.859. The van der Waals surface area contributed by atoms with Crippen LogP contribution in [0.4, 0.5) is 17.1 Å². The summed E-state index contributed by atoms with van der Waals surface area (Å²) in [6, 6.07) is 83.4. The highest BCUT2D eigenvalue weighted by Gasteiger charge is 2.23. The van der Waals surface area contributed by atoms with Gasteiger partial charge in [0.2, 0.25) is 0 Å². The van der Waals surface area contributed by atoms with Crippen molar-refractivity contribution in [1.82, 2.24) is 4.57 Å². The van der Waals surface area contributed by atoms with Gasteiger partial charge in [-0.25, -0.2) is 0 Å². The van der Waals surface area contributed by atoms with Gasteiger partial charge in [0.05, 0.1) is 28.1 Å². The largest absolute Gasteiger partial charge is 0.453 e. The summed E-state index contributed by atoms with van der Waals surface area (Å²) >= 11 is 0. The van der Waals surface area contributed by atoms with Crippen molar-refractivity contribution in [1.29, 1.82) is 0 Å². The maximum absolute atomic E-state index is 7.01. The highest BCUT2D eigenvalue weighted by atomic mass is 16.3. The minimum atomic E-state index is 0.859. The molecule has 3 nitrogen and oxygen atoms in total. The molecule has 11 aromatic carbocycles. The molecule has 0 unspecified atom stereocenters. The molecule has 2 aromatic heterocycles. The molecule has 63 heavy (non-hydrogen) atoms. The third-order valence-corrected chi connectivity index (χ3v) is 13.0. The molecule has 0 N–H and O–H groups in total. The first-order chi connectivity index (χ1) is 31.3. The van der Waals surface area contributed by atoms with Crippen LogP contribution >= 0.6 is 0 Å². The molecule has 0 atom stereocenters. The smallest absolute Gasteiger partial charge is 0.159 e. The summed E-state index contributed by atoms with van der Waals surface area (Å²) < 4.78 is 9.43. The molecule has 0 fully saturated rings. The van der Waals surface area contributed by atoms with Crippen LogP contribution < -0.4 is 4.90 Å². The van der Waals surface area contributed by atoms with Crippen LogP contribution in [0.15, 0.2) is 235 Å². The van der Waals surface area contributed by atoms with Crippen LogP contribution in [0.25, 0.3) is 104 Å². The van der Waals surface area contributed by atoms with E-state index in [2.05, 4.69) is 240 Å². The Kier molecular flexibility index (Phi) is 7.91. The summed E-state index contributed by atoms with van der Waals surface area (Å²) in [5.74, 6) is 0. The molecule has 0 aliphatic rings. The number of rotatable bonds is 6. The normalized spacial score (nSPS) is 11.8. The molecule has 3 heteroatoms. The van der Waals surface area contributed by atoms with Gasteiger partial charge in [-0.3, -0.25) is 0 Å². The topological polar surface area (TPSA) is 21.3 Å². The number of aromatic nitrogens is 1. The van der Waals surface area contributed by atoms with E-state index < -0.39 is 0 Å². The molecule has 0 aliphatic carbocycles. The first-order valence-corrected chi connectivity index (χ1v) is 21.6. The number of benzene rings is 11. The third kappa shape index (κ3) is 5.53. The van der Waals surface area contributed by atoms with Crippen LogP contribution in [-0.4, -0.2) is 4.57 Å². The Morgan fingerprint density at radius 1 is 0.317 bits per heavy atom. The lowest BCUT2D eigenvalue weighted by Gasteiger charge is -2.27. The third-order valence-electron chi connectivity index (χ3n) is 13.0. The van der Waals surface area contributed by atoms with Gasteiger partial charge in [0.1, 0.15) is 5.58 Å². The summed E-state index contributed by atoms with van der Waals surface area (Å²) in [5, 5.41) is 11.8. The molecule has 0 amide bonds. The van der Waals surface area contributed by atoms with Crippen LogP contribution in [0.5, 0.6) is 0 Å². The van der Waals surface area contributed by atoms with Crippen LogP contribution in [0.2, 0.25) is 0 Å². The fraction of sp³-hybridized carbons (Fsp3) is 0. The maximum atomic E-state index is 7.01. The van der Waals surface area contributed by atoms with Gasteiger partial charge in [-0.1, -0.05) is 176 Å². The van der Waals surface area contributed by atoms with E-state index in [0.29, 0.717) is 0 Å². The zero-order chi connectivity index (χ0) is 41.4. The summed E-state index contributed by atoms with van der Waals surface area (Å²) in [6.07, 6.45) is 0. The average Bonchev–Trinajstić information content (AvgIpc) is 3.91. The molecule has 0 saturated heterocycles. The van der Waals surface area contributed by atoms with Gasteiger partial charge >= 0.3 is 0 Å². The van der Waals surface area contributed by atoms with Gasteiger partial charge in [0.25, 0.3) is 0 Å². The lowest BCUT2D eigenvalue weighted by molar-refractivity contribution is 0.673. The molecule has 0 saturated carbocycles. The van der Waals surface area contributed by atoms with E-state index in [1.54, 1.807) is 0 Å². The number of anilines is 3. The molecule has 0 aliphatic heterocycles. The highest BCUT2D eigenvalue weighted by molar-refractivity contribution is 6.18. The van der Waals surface area contributed by atoms with E-state index in [9.17, 15) is 0 Å². The Morgan fingerprint density at radius 3 is 1.78 bits per heavy atom. The molecule has 2 heterocycles. The SMILES string of the molecule is c1ccc(-c2ccc(N(c3ccc(-c4ccc5c(c4)c4ccccc4n5-c4cccc5ccccc45)cc3)c3cccc4c3oc3c5ccccc5ccc43)c3ccccc23)cc1. The van der Waals surface area contributed by atoms with Crippen LogP contribution in [0, 0.1) is 0 Å². The van der Waals surface area contributed by atoms with E-state index in [1.807, 2.05) is 0 Å². The van der Waals surface area contributed by atoms with E-state index in [0.717, 1.165) is 60.7 Å². The van der Waals surface area contributed by atoms with E-state index in [4.69, 9.17) is 4.42 Å². The van der Waals surface area contributed by atoms with Gasteiger partial charge in [-0.15, -0.1) is 0 Å². The average molecular weight is 803 g/mol. The lowest BCUT2D eigenvalue weighted by Crippen LogP contribution is -2.11. The van der Waals surface area contributed by atoms with Crippen molar-refractivity contribution < 1.29 is 4.42 Å². The summed E-state index contributed by atoms with van der Waals surface area (Å²) in [6.45, 7) is 0. The number of furan rings is 1. The summed E-state index contributed by atoms with van der Waals surface area (Å²) in [4.78, 5) is 2.38. The van der Waals surface area contributed by atoms with Crippen molar-refractivity contribution in [3.63, 3.8) is 0 Å². The second-order valence-corrected chi connectivity index (χ2v) is 16.4. The number of hydrogen-bond donors (Lipinski definition) is 0. The van der Waals surface area contributed by atoms with Crippen LogP contribution in [0.1, 0.15) is 0 Å². The van der Waals surface area contributed by atoms with E-state index in [1.165, 1.54) is 60.3 Å². The Hall–Kier alpha value is -8.40. The number of fused-ring (bicyclic) bond motifs is 10. The summed E-state index contributed by atoms with van der Waals surface area (Å²) in [5.41, 5.74) is 13.2. The van der Waals surface area contributed by atoms with Crippen LogP contribution in [0.3, 0.4) is 0 Å². The van der Waals surface area contributed by atoms with Gasteiger partial charge in [-0.05, 0) is 93.0 Å². The van der Waals surface area contributed by atoms with Crippen molar-refractivity contribution in [3.8, 4) is 27.9 Å². The molecular formula is C60H38N2O. The van der Waals surface area contributed by atoms with Gasteiger partial charge in [-0.2, -0.15) is 0 Å². The Labute approximate surface area is 363 Å². The Balaban J connectivity index is 0.992. The molecule has 0 spiro atoms. The Bertz CT molecular complexity index is 3910. The molecule has 13 rings (SSSR count). The van der Waals surface area contributed by atoms with E-state index in [-0.39, 0.29) is 0 Å². The number of para-hydroxylation sites is 2. The van der Waals surface area contributed by atoms with Crippen molar-refractivity contribution in [2.75, 3.05) is 4.90 Å². The van der Waals surface area contributed by atoms with Gasteiger partial charge in [0, 0.05) is 43.4 Å². The predicted molar refractivity (Wildman–Crippen MR) is 266 cm³/mol. The van der Waals surface area contributed by atoms with Gasteiger partial charge in [0.15, 0.2) is 5.58 Å². The van der Waals surface area contributed by atoms with Crippen molar-refractivity contribution in [2.45, 2.75) is 0 Å². The summed E-state index contributed by atoms with van der Waals surface area (Å²) in [7, 11) is 0. The highest BCUT2D eigenvalue weighted by Crippen LogP contribution is 2.47. The second-order valence-electron chi connectivity index (χ2n) is 16.4. The fourth-order valence-corrected chi connectivity index (χ4v) is 10.1. The first kappa shape index (κ1) is 35.4. The zero-order valence-electron chi connectivity index (χ0n) is 34.2. The standard InChI is InChI=1S/C60H38N2O/c1-2-14-40(15-3-1)45-35-37-56(49-22-9-8-21-48(45)49)61(58-27-13-24-51-52-34-30-42-17-5-7-20-47(42)59(52)63-60(51)58)44-32-28-39(29-33-44)43-31-36-57-53(38-43)50-23-10-11-25-55(50)62(57)54-26-12-18-41-16-4-6-19-46(41)54/h1-38H. The zero-order valence-corrected chi connectivity index (χ0v) is 34.2. The first-order valence-electron chi connectivity index (χ1n) is 21.6. The molecule has 294 valence electrons. The maximum Gasteiger partial charge on any atom is 0.159 e. The quantitative estimate of drug-likeness (QED) is 0.167. The van der Waals surface area contributed by atoms with Crippen molar-refractivity contribution in [3.05, 3.63) is 231 Å². The predicted octanol–water partition coefficient (Wildman–Crippen LogP) is 16.9. The minimum Gasteiger partial charge on any atom is -0.453 e. The monoisotopic (exact) mass is 802 g/mol. The van der Waals surface area contributed by atoms with Gasteiger partial charge < -0.3 is 13.9 Å². The molecule has 13 aromatic rings.